The monoisotopic (exact) mass is 343 g/mol. The molecule has 3 rings (SSSR count). The van der Waals surface area contributed by atoms with Crippen LogP contribution in [0.3, 0.4) is 0 Å². The standard InChI is InChI=1S/C19H25N3O3/c1-13-8-7-9-14(12-13)17-20-16(21-25-17)15-10-5-6-11-22(15)18(23)24-19(2,3)4/h7-9,12,15H,5-6,10-11H2,1-4H3. The summed E-state index contributed by atoms with van der Waals surface area (Å²) in [5, 5.41) is 4.14. The predicted molar refractivity (Wildman–Crippen MR) is 94.0 cm³/mol. The minimum absolute atomic E-state index is 0.203. The average molecular weight is 343 g/mol. The minimum atomic E-state index is -0.525. The summed E-state index contributed by atoms with van der Waals surface area (Å²) in [6.45, 7) is 8.27. The molecule has 1 amide bonds. The Labute approximate surface area is 148 Å². The van der Waals surface area contributed by atoms with Gasteiger partial charge < -0.3 is 9.26 Å². The fourth-order valence-electron chi connectivity index (χ4n) is 3.00. The summed E-state index contributed by atoms with van der Waals surface area (Å²) < 4.78 is 11.0. The van der Waals surface area contributed by atoms with Crippen LogP contribution >= 0.6 is 0 Å². The molecule has 0 saturated carbocycles. The van der Waals surface area contributed by atoms with Gasteiger partial charge in [0.05, 0.1) is 6.04 Å². The van der Waals surface area contributed by atoms with Crippen molar-refractivity contribution in [2.45, 2.75) is 58.6 Å². The topological polar surface area (TPSA) is 68.5 Å². The van der Waals surface area contributed by atoms with Crippen molar-refractivity contribution in [1.82, 2.24) is 15.0 Å². The van der Waals surface area contributed by atoms with Crippen LogP contribution in [0.2, 0.25) is 0 Å². The number of ether oxygens (including phenoxy) is 1. The van der Waals surface area contributed by atoms with Crippen LogP contribution in [0.1, 0.15) is 57.5 Å². The molecule has 0 bridgehead atoms. The van der Waals surface area contributed by atoms with Crippen LogP contribution in [-0.4, -0.2) is 33.3 Å². The van der Waals surface area contributed by atoms with E-state index in [1.165, 1.54) is 0 Å². The Kier molecular flexibility index (Phi) is 4.79. The Morgan fingerprint density at radius 1 is 1.32 bits per heavy atom. The van der Waals surface area contributed by atoms with Crippen molar-refractivity contribution in [3.8, 4) is 11.5 Å². The van der Waals surface area contributed by atoms with Crippen LogP contribution in [0.5, 0.6) is 0 Å². The van der Waals surface area contributed by atoms with Crippen molar-refractivity contribution in [1.29, 1.82) is 0 Å². The Bertz CT molecular complexity index is 748. The Hall–Kier alpha value is -2.37. The SMILES string of the molecule is Cc1cccc(-c2nc(C3CCCCN3C(=O)OC(C)(C)C)no2)c1. The maximum Gasteiger partial charge on any atom is 0.410 e. The second-order valence-corrected chi connectivity index (χ2v) is 7.51. The summed E-state index contributed by atoms with van der Waals surface area (Å²) in [7, 11) is 0. The lowest BCUT2D eigenvalue weighted by Crippen LogP contribution is -2.42. The summed E-state index contributed by atoms with van der Waals surface area (Å²) in [5.74, 6) is 1.02. The van der Waals surface area contributed by atoms with E-state index in [0.29, 0.717) is 18.3 Å². The molecule has 6 heteroatoms. The number of amides is 1. The number of rotatable bonds is 2. The molecule has 0 aliphatic carbocycles. The number of carbonyl (C=O) groups excluding carboxylic acids is 1. The molecule has 1 saturated heterocycles. The zero-order valence-corrected chi connectivity index (χ0v) is 15.3. The van der Waals surface area contributed by atoms with Gasteiger partial charge in [-0.05, 0) is 59.1 Å². The number of aryl methyl sites for hydroxylation is 1. The quantitative estimate of drug-likeness (QED) is 0.802. The molecule has 2 aromatic rings. The highest BCUT2D eigenvalue weighted by Gasteiger charge is 2.34. The molecule has 134 valence electrons. The number of hydrogen-bond acceptors (Lipinski definition) is 5. The molecule has 1 unspecified atom stereocenters. The van der Waals surface area contributed by atoms with Gasteiger partial charge in [0, 0.05) is 12.1 Å². The van der Waals surface area contributed by atoms with Crippen LogP contribution in [0.15, 0.2) is 28.8 Å². The summed E-state index contributed by atoms with van der Waals surface area (Å²) in [6, 6.07) is 7.72. The molecule has 1 aliphatic heterocycles. The van der Waals surface area contributed by atoms with E-state index in [-0.39, 0.29) is 12.1 Å². The number of benzene rings is 1. The number of aromatic nitrogens is 2. The first-order chi connectivity index (χ1) is 11.8. The zero-order chi connectivity index (χ0) is 18.0. The molecule has 25 heavy (non-hydrogen) atoms. The molecule has 1 fully saturated rings. The van der Waals surface area contributed by atoms with Crippen molar-refractivity contribution in [2.24, 2.45) is 0 Å². The van der Waals surface area contributed by atoms with Crippen LogP contribution in [0.25, 0.3) is 11.5 Å². The van der Waals surface area contributed by atoms with Crippen molar-refractivity contribution in [2.75, 3.05) is 6.54 Å². The van der Waals surface area contributed by atoms with Gasteiger partial charge in [0.1, 0.15) is 5.60 Å². The number of likely N-dealkylation sites (tertiary alicyclic amines) is 1. The van der Waals surface area contributed by atoms with Gasteiger partial charge >= 0.3 is 6.09 Å². The number of nitrogens with zero attached hydrogens (tertiary/aromatic N) is 3. The van der Waals surface area contributed by atoms with E-state index >= 15 is 0 Å². The fourth-order valence-corrected chi connectivity index (χ4v) is 3.00. The van der Waals surface area contributed by atoms with E-state index in [2.05, 4.69) is 10.1 Å². The summed E-state index contributed by atoms with van der Waals surface area (Å²) in [4.78, 5) is 18.8. The molecule has 1 aliphatic rings. The Morgan fingerprint density at radius 3 is 2.84 bits per heavy atom. The number of hydrogen-bond donors (Lipinski definition) is 0. The summed E-state index contributed by atoms with van der Waals surface area (Å²) in [6.07, 6.45) is 2.47. The van der Waals surface area contributed by atoms with Crippen molar-refractivity contribution in [3.05, 3.63) is 35.7 Å². The summed E-state index contributed by atoms with van der Waals surface area (Å²) in [5.41, 5.74) is 1.49. The molecule has 6 nitrogen and oxygen atoms in total. The molecular formula is C19H25N3O3. The van der Waals surface area contributed by atoms with Crippen LogP contribution < -0.4 is 0 Å². The van der Waals surface area contributed by atoms with Crippen molar-refractivity contribution >= 4 is 6.09 Å². The maximum absolute atomic E-state index is 12.5. The zero-order valence-electron chi connectivity index (χ0n) is 15.3. The molecule has 1 atom stereocenters. The van der Waals surface area contributed by atoms with Crippen molar-refractivity contribution < 1.29 is 14.1 Å². The summed E-state index contributed by atoms with van der Waals surface area (Å²) >= 11 is 0. The minimum Gasteiger partial charge on any atom is -0.444 e. The van der Waals surface area contributed by atoms with E-state index in [0.717, 1.165) is 30.4 Å². The maximum atomic E-state index is 12.5. The van der Waals surface area contributed by atoms with Gasteiger partial charge in [-0.15, -0.1) is 0 Å². The van der Waals surface area contributed by atoms with E-state index in [1.807, 2.05) is 52.0 Å². The lowest BCUT2D eigenvalue weighted by molar-refractivity contribution is 0.00821. The second kappa shape index (κ2) is 6.86. The smallest absolute Gasteiger partial charge is 0.410 e. The van der Waals surface area contributed by atoms with E-state index < -0.39 is 5.60 Å². The van der Waals surface area contributed by atoms with Gasteiger partial charge in [-0.3, -0.25) is 4.90 Å². The first kappa shape index (κ1) is 17.5. The lowest BCUT2D eigenvalue weighted by atomic mass is 10.0. The molecule has 2 heterocycles. The first-order valence-electron chi connectivity index (χ1n) is 8.74. The third-order valence-corrected chi connectivity index (χ3v) is 4.14. The van der Waals surface area contributed by atoms with Gasteiger partial charge in [-0.2, -0.15) is 4.98 Å². The Morgan fingerprint density at radius 2 is 2.12 bits per heavy atom. The normalized spacial score (nSPS) is 18.2. The van der Waals surface area contributed by atoms with Gasteiger partial charge in [-0.1, -0.05) is 22.9 Å². The molecule has 0 radical (unpaired) electrons. The number of piperidine rings is 1. The highest BCUT2D eigenvalue weighted by molar-refractivity contribution is 5.69. The highest BCUT2D eigenvalue weighted by Crippen LogP contribution is 2.32. The van der Waals surface area contributed by atoms with Gasteiger partial charge in [0.25, 0.3) is 5.89 Å². The molecular weight excluding hydrogens is 318 g/mol. The molecule has 1 aromatic carbocycles. The van der Waals surface area contributed by atoms with E-state index in [1.54, 1.807) is 4.90 Å². The predicted octanol–water partition coefficient (Wildman–Crippen LogP) is 4.51. The first-order valence-corrected chi connectivity index (χ1v) is 8.74. The third kappa shape index (κ3) is 4.18. The largest absolute Gasteiger partial charge is 0.444 e. The van der Waals surface area contributed by atoms with Crippen LogP contribution in [0, 0.1) is 6.92 Å². The lowest BCUT2D eigenvalue weighted by Gasteiger charge is -2.35. The fraction of sp³-hybridized carbons (Fsp3) is 0.526. The van der Waals surface area contributed by atoms with E-state index in [9.17, 15) is 4.79 Å². The van der Waals surface area contributed by atoms with E-state index in [4.69, 9.17) is 9.26 Å². The van der Waals surface area contributed by atoms with Crippen LogP contribution in [-0.2, 0) is 4.74 Å². The van der Waals surface area contributed by atoms with Crippen LogP contribution in [0.4, 0.5) is 4.79 Å². The van der Waals surface area contributed by atoms with Gasteiger partial charge in [0.2, 0.25) is 0 Å². The Balaban J connectivity index is 1.82. The van der Waals surface area contributed by atoms with Gasteiger partial charge in [-0.25, -0.2) is 4.79 Å². The molecule has 0 spiro atoms. The number of carbonyl (C=O) groups is 1. The highest BCUT2D eigenvalue weighted by atomic mass is 16.6. The molecule has 0 N–H and O–H groups in total. The van der Waals surface area contributed by atoms with Gasteiger partial charge in [0.15, 0.2) is 5.82 Å². The average Bonchev–Trinajstić information content (AvgIpc) is 3.03. The molecule has 1 aromatic heterocycles. The van der Waals surface area contributed by atoms with Crippen molar-refractivity contribution in [3.63, 3.8) is 0 Å². The second-order valence-electron chi connectivity index (χ2n) is 7.51. The third-order valence-electron chi connectivity index (χ3n) is 4.14.